The minimum Gasteiger partial charge on any atom is -0.481 e. The van der Waals surface area contributed by atoms with Gasteiger partial charge in [-0.15, -0.1) is 0 Å². The molecule has 2 amide bonds. The number of nitrogens with two attached hydrogens (primary N) is 1. The first kappa shape index (κ1) is 51.2. The van der Waals surface area contributed by atoms with Gasteiger partial charge in [-0.25, -0.2) is 28.6 Å². The lowest BCUT2D eigenvalue weighted by atomic mass is 9.87. The number of fused-ring (bicyclic) bond motifs is 1. The molecular formula is C33H46N7O20P3. The number of aliphatic hydroxyl groups excluding tert-OH is 2. The van der Waals surface area contributed by atoms with Crippen LogP contribution >= 0.6 is 23.5 Å². The number of imidazole rings is 1. The maximum atomic E-state index is 12.8. The van der Waals surface area contributed by atoms with Crippen molar-refractivity contribution in [2.75, 3.05) is 32.0 Å². The average molecular weight is 954 g/mol. The summed E-state index contributed by atoms with van der Waals surface area (Å²) in [4.78, 5) is 113. The van der Waals surface area contributed by atoms with Crippen LogP contribution in [0.5, 0.6) is 0 Å². The number of nitrogen functional groups attached to an aromatic ring is 1. The zero-order valence-electron chi connectivity index (χ0n) is 33.5. The number of nitrogens with one attached hydrogen (secondary N) is 2. The first-order chi connectivity index (χ1) is 29.2. The molecule has 2 aromatic heterocycles. The van der Waals surface area contributed by atoms with E-state index in [-0.39, 0.29) is 48.5 Å². The largest absolute Gasteiger partial charge is 0.481 e. The smallest absolute Gasteiger partial charge is 0.481 e. The number of aliphatic hydroxyl groups is 2. The molecule has 1 aromatic carbocycles. The predicted molar refractivity (Wildman–Crippen MR) is 210 cm³/mol. The molecule has 1 saturated heterocycles. The summed E-state index contributed by atoms with van der Waals surface area (Å²) in [7, 11) is -16.6. The molecule has 27 nitrogen and oxygen atoms in total. The highest BCUT2D eigenvalue weighted by molar-refractivity contribution is 7.61. The molecule has 4 rings (SSSR count). The Morgan fingerprint density at radius 1 is 0.968 bits per heavy atom. The Kier molecular flexibility index (Phi) is 16.7. The molecule has 3 heterocycles. The van der Waals surface area contributed by atoms with Gasteiger partial charge in [0.05, 0.1) is 31.9 Å². The number of benzene rings is 1. The first-order valence-corrected chi connectivity index (χ1v) is 22.9. The van der Waals surface area contributed by atoms with E-state index in [2.05, 4.69) is 29.9 Å². The van der Waals surface area contributed by atoms with E-state index in [1.165, 1.54) is 32.9 Å². The molecule has 0 saturated carbocycles. The number of amides is 2. The van der Waals surface area contributed by atoms with Crippen LogP contribution in [0, 0.1) is 11.3 Å². The molecule has 348 valence electrons. The number of ether oxygens (including phenoxy) is 1. The third-order valence-corrected chi connectivity index (χ3v) is 12.5. The van der Waals surface area contributed by atoms with E-state index in [0.717, 1.165) is 17.2 Å². The summed E-state index contributed by atoms with van der Waals surface area (Å²) in [6, 6.07) is 7.61. The Bertz CT molecular complexity index is 2310. The first-order valence-electron chi connectivity index (χ1n) is 18.4. The molecule has 0 aliphatic carbocycles. The SMILES string of the molecule is CC(C)(COP(=O)(O)OP(=O)(O)OCC1OC(C)(n2cnc3c(N)ncnc32)C(O)C1OP(=O)(O)O)C(O)C(=O)NCCC(=O)NCCC(=O)C(CC(=O)O)C(=O)c1ccccc1. The second-order valence-electron chi connectivity index (χ2n) is 14.7. The van der Waals surface area contributed by atoms with Crippen LogP contribution in [0.25, 0.3) is 11.2 Å². The molecule has 0 spiro atoms. The second-order valence-corrected chi connectivity index (χ2v) is 19.0. The second kappa shape index (κ2) is 20.6. The molecule has 11 N–H and O–H groups in total. The van der Waals surface area contributed by atoms with Crippen LogP contribution in [-0.4, -0.2) is 134 Å². The molecule has 0 bridgehead atoms. The van der Waals surface area contributed by atoms with Gasteiger partial charge in [0.2, 0.25) is 11.8 Å². The van der Waals surface area contributed by atoms with Crippen molar-refractivity contribution in [2.45, 2.75) is 70.2 Å². The van der Waals surface area contributed by atoms with Gasteiger partial charge in [-0.2, -0.15) is 4.31 Å². The van der Waals surface area contributed by atoms with Gasteiger partial charge in [-0.3, -0.25) is 42.1 Å². The number of phosphoric acid groups is 3. The molecule has 0 radical (unpaired) electrons. The normalized spacial score (nSPS) is 22.1. The Morgan fingerprint density at radius 2 is 1.60 bits per heavy atom. The molecule has 30 heteroatoms. The van der Waals surface area contributed by atoms with Gasteiger partial charge in [0.25, 0.3) is 0 Å². The molecular weight excluding hydrogens is 907 g/mol. The Hall–Kier alpha value is -4.43. The summed E-state index contributed by atoms with van der Waals surface area (Å²) in [5.74, 6) is -6.05. The van der Waals surface area contributed by atoms with Crippen molar-refractivity contribution in [2.24, 2.45) is 11.3 Å². The van der Waals surface area contributed by atoms with Crippen molar-refractivity contribution in [3.05, 3.63) is 48.5 Å². The lowest BCUT2D eigenvalue weighted by Gasteiger charge is -2.30. The number of carboxylic acid groups (broad SMARTS) is 1. The summed E-state index contributed by atoms with van der Waals surface area (Å²) in [6.07, 6.45) is -7.04. The summed E-state index contributed by atoms with van der Waals surface area (Å²) in [5.41, 5.74) is 2.29. The quantitative estimate of drug-likeness (QED) is 0.0308. The minimum atomic E-state index is -5.65. The van der Waals surface area contributed by atoms with Crippen LogP contribution in [0.3, 0.4) is 0 Å². The number of anilines is 1. The zero-order valence-corrected chi connectivity index (χ0v) is 36.2. The summed E-state index contributed by atoms with van der Waals surface area (Å²) >= 11 is 0. The van der Waals surface area contributed by atoms with E-state index in [1.54, 1.807) is 18.2 Å². The van der Waals surface area contributed by atoms with Gasteiger partial charge in [-0.05, 0) is 6.92 Å². The number of carbonyl (C=O) groups is 5. The van der Waals surface area contributed by atoms with E-state index in [9.17, 15) is 72.6 Å². The molecule has 1 aliphatic rings. The molecule has 8 unspecified atom stereocenters. The number of aromatic nitrogens is 4. The van der Waals surface area contributed by atoms with Gasteiger partial charge in [-0.1, -0.05) is 44.2 Å². The number of Topliss-reactive ketones (excluding diaryl/α,β-unsaturated/α-hetero) is 2. The Labute approximate surface area is 356 Å². The lowest BCUT2D eigenvalue weighted by molar-refractivity contribution is -0.140. The highest BCUT2D eigenvalue weighted by Gasteiger charge is 2.57. The van der Waals surface area contributed by atoms with E-state index < -0.39 is 114 Å². The van der Waals surface area contributed by atoms with Crippen molar-refractivity contribution >= 4 is 69.8 Å². The Morgan fingerprint density at radius 3 is 2.24 bits per heavy atom. The third-order valence-electron chi connectivity index (χ3n) is 9.40. The number of carbonyl (C=O) groups excluding carboxylic acids is 4. The van der Waals surface area contributed by atoms with Crippen molar-refractivity contribution in [1.82, 2.24) is 30.2 Å². The van der Waals surface area contributed by atoms with Gasteiger partial charge < -0.3 is 56.0 Å². The van der Waals surface area contributed by atoms with Crippen LogP contribution in [0.15, 0.2) is 43.0 Å². The predicted octanol–water partition coefficient (Wildman–Crippen LogP) is -0.488. The van der Waals surface area contributed by atoms with Gasteiger partial charge >= 0.3 is 29.4 Å². The van der Waals surface area contributed by atoms with Crippen LogP contribution in [0.1, 0.15) is 50.4 Å². The number of hydrogen-bond donors (Lipinski definition) is 10. The summed E-state index contributed by atoms with van der Waals surface area (Å²) in [6.45, 7) is 0.863. The van der Waals surface area contributed by atoms with Crippen LogP contribution < -0.4 is 16.4 Å². The van der Waals surface area contributed by atoms with Gasteiger partial charge in [0, 0.05) is 36.9 Å². The number of nitrogens with zero attached hydrogens (tertiary/aromatic N) is 4. The molecule has 3 aromatic rings. The summed E-state index contributed by atoms with van der Waals surface area (Å²) < 4.78 is 62.7. The van der Waals surface area contributed by atoms with Gasteiger partial charge in [0.1, 0.15) is 42.0 Å². The molecule has 8 atom stereocenters. The lowest BCUT2D eigenvalue weighted by Crippen LogP contribution is -2.46. The number of carboxylic acids is 1. The van der Waals surface area contributed by atoms with Crippen molar-refractivity contribution in [3.8, 4) is 0 Å². The fourth-order valence-corrected chi connectivity index (χ4v) is 8.90. The Balaban J connectivity index is 1.25. The van der Waals surface area contributed by atoms with E-state index >= 15 is 0 Å². The maximum Gasteiger partial charge on any atom is 0.481 e. The molecule has 1 aliphatic heterocycles. The number of hydrogen-bond acceptors (Lipinski definition) is 19. The van der Waals surface area contributed by atoms with E-state index in [0.29, 0.717) is 0 Å². The fraction of sp³-hybridized carbons (Fsp3) is 0.515. The minimum absolute atomic E-state index is 0.00293. The van der Waals surface area contributed by atoms with Crippen LogP contribution in [0.4, 0.5) is 5.82 Å². The number of phosphoric ester groups is 3. The highest BCUT2D eigenvalue weighted by Crippen LogP contribution is 2.61. The molecule has 1 fully saturated rings. The average Bonchev–Trinajstić information content (AvgIpc) is 3.74. The van der Waals surface area contributed by atoms with Crippen molar-refractivity contribution in [3.63, 3.8) is 0 Å². The zero-order chi connectivity index (χ0) is 47.1. The number of aliphatic carboxylic acids is 1. The molecule has 63 heavy (non-hydrogen) atoms. The van der Waals surface area contributed by atoms with Crippen molar-refractivity contribution < 1.29 is 95.2 Å². The van der Waals surface area contributed by atoms with Crippen LogP contribution in [0.2, 0.25) is 0 Å². The standard InChI is InChI=1S/C33H46N7O20P3/c1-32(2,28(47)31(48)36-12-10-22(42)35-11-9-20(41)19(13-23(43)44)25(45)18-7-5-4-6-8-18)15-57-63(54,55)60-62(52,53)56-14-21-26(59-61(49,50)51)27(46)33(3,58-21)40-17-39-24-29(34)37-16-38-30(24)40/h4-8,16-17,19,21,26-28,46-47H,9-15H2,1-3H3,(H,35,42)(H,36,48)(H,43,44)(H,52,53)(H,54,55)(H2,34,37,38)(H2,49,50,51). The van der Waals surface area contributed by atoms with Crippen LogP contribution in [-0.2, 0) is 61.2 Å². The third kappa shape index (κ3) is 13.8. The number of ketones is 2. The van der Waals surface area contributed by atoms with E-state index in [4.69, 9.17) is 24.0 Å². The topological polar surface area (TPSA) is 418 Å². The highest BCUT2D eigenvalue weighted by atomic mass is 31.3. The monoisotopic (exact) mass is 953 g/mol. The summed E-state index contributed by atoms with van der Waals surface area (Å²) in [5, 5.41) is 35.6. The van der Waals surface area contributed by atoms with E-state index in [1.807, 2.05) is 0 Å². The van der Waals surface area contributed by atoms with Crippen molar-refractivity contribution in [1.29, 1.82) is 0 Å². The maximum absolute atomic E-state index is 12.8. The number of rotatable bonds is 24. The van der Waals surface area contributed by atoms with Gasteiger partial charge in [0.15, 0.2) is 23.0 Å². The fourth-order valence-electron chi connectivity index (χ4n) is 6.08.